The standard InChI is InChI=1S/C26H28ClN3O3/c1-2-32-25-20(9-8-18-6-4-3-5-7-18)14-22(27)15-21(25)16-24(31)33-17-30-23-12-10-19(11-13-23)26(28)29/h3-7,10-15,30H,2,8-9,16-17H2,1H3,(H3,28,29). The molecule has 0 aliphatic rings. The van der Waals surface area contributed by atoms with Crippen LogP contribution >= 0.6 is 11.6 Å². The van der Waals surface area contributed by atoms with Gasteiger partial charge < -0.3 is 20.5 Å². The Bertz CT molecular complexity index is 1090. The van der Waals surface area contributed by atoms with E-state index in [0.29, 0.717) is 28.5 Å². The molecular formula is C26H28ClN3O3. The highest BCUT2D eigenvalue weighted by Crippen LogP contribution is 2.30. The molecule has 0 spiro atoms. The lowest BCUT2D eigenvalue weighted by Crippen LogP contribution is -2.15. The first kappa shape index (κ1) is 24.1. The van der Waals surface area contributed by atoms with Gasteiger partial charge in [-0.3, -0.25) is 10.2 Å². The Morgan fingerprint density at radius 2 is 1.73 bits per heavy atom. The Morgan fingerprint density at radius 1 is 1.03 bits per heavy atom. The first-order chi connectivity index (χ1) is 16.0. The molecular weight excluding hydrogens is 438 g/mol. The van der Waals surface area contributed by atoms with Crippen LogP contribution in [0.25, 0.3) is 0 Å². The van der Waals surface area contributed by atoms with Gasteiger partial charge >= 0.3 is 5.97 Å². The van der Waals surface area contributed by atoms with Gasteiger partial charge in [0, 0.05) is 21.8 Å². The Labute approximate surface area is 199 Å². The van der Waals surface area contributed by atoms with E-state index in [9.17, 15) is 4.79 Å². The Balaban J connectivity index is 1.62. The van der Waals surface area contributed by atoms with Crippen LogP contribution in [0, 0.1) is 5.41 Å². The van der Waals surface area contributed by atoms with E-state index in [1.807, 2.05) is 31.2 Å². The summed E-state index contributed by atoms with van der Waals surface area (Å²) in [4.78, 5) is 12.5. The SMILES string of the molecule is CCOc1c(CCc2ccccc2)cc(Cl)cc1CC(=O)OCNc1ccc(C(=N)N)cc1. The van der Waals surface area contributed by atoms with E-state index in [0.717, 1.165) is 24.1 Å². The molecule has 0 amide bonds. The summed E-state index contributed by atoms with van der Waals surface area (Å²) in [6.07, 6.45) is 1.65. The van der Waals surface area contributed by atoms with Gasteiger partial charge in [-0.15, -0.1) is 0 Å². The molecule has 6 nitrogen and oxygen atoms in total. The zero-order valence-corrected chi connectivity index (χ0v) is 19.3. The van der Waals surface area contributed by atoms with Crippen molar-refractivity contribution in [3.8, 4) is 5.75 Å². The quantitative estimate of drug-likeness (QED) is 0.161. The highest BCUT2D eigenvalue weighted by atomic mass is 35.5. The third kappa shape index (κ3) is 7.26. The molecule has 0 aliphatic heterocycles. The van der Waals surface area contributed by atoms with Crippen molar-refractivity contribution in [3.63, 3.8) is 0 Å². The van der Waals surface area contributed by atoms with Crippen molar-refractivity contribution in [2.24, 2.45) is 5.73 Å². The normalized spacial score (nSPS) is 10.5. The van der Waals surface area contributed by atoms with Crippen molar-refractivity contribution in [1.29, 1.82) is 5.41 Å². The number of halogens is 1. The van der Waals surface area contributed by atoms with Crippen LogP contribution in [0.2, 0.25) is 5.02 Å². The minimum Gasteiger partial charge on any atom is -0.493 e. The molecule has 0 unspecified atom stereocenters. The third-order valence-corrected chi connectivity index (χ3v) is 5.28. The first-order valence-corrected chi connectivity index (χ1v) is 11.2. The molecule has 0 bridgehead atoms. The Hall–Kier alpha value is -3.51. The molecule has 0 saturated heterocycles. The third-order valence-electron chi connectivity index (χ3n) is 5.06. The summed E-state index contributed by atoms with van der Waals surface area (Å²) in [5.41, 5.74) is 9.75. The van der Waals surface area contributed by atoms with Crippen LogP contribution in [0.3, 0.4) is 0 Å². The number of carbonyl (C=O) groups excluding carboxylic acids is 1. The summed E-state index contributed by atoms with van der Waals surface area (Å²) >= 11 is 6.36. The van der Waals surface area contributed by atoms with E-state index in [1.54, 1.807) is 30.3 Å². The lowest BCUT2D eigenvalue weighted by Gasteiger charge is -2.16. The van der Waals surface area contributed by atoms with Gasteiger partial charge in [0.2, 0.25) is 0 Å². The molecule has 33 heavy (non-hydrogen) atoms. The highest BCUT2D eigenvalue weighted by Gasteiger charge is 2.16. The number of hydrogen-bond donors (Lipinski definition) is 3. The van der Waals surface area contributed by atoms with Crippen LogP contribution in [0.5, 0.6) is 5.75 Å². The predicted molar refractivity (Wildman–Crippen MR) is 132 cm³/mol. The Morgan fingerprint density at radius 3 is 2.39 bits per heavy atom. The predicted octanol–water partition coefficient (Wildman–Crippen LogP) is 4.96. The van der Waals surface area contributed by atoms with Gasteiger partial charge in [-0.25, -0.2) is 0 Å². The van der Waals surface area contributed by atoms with E-state index < -0.39 is 0 Å². The van der Waals surface area contributed by atoms with Crippen molar-refractivity contribution in [2.45, 2.75) is 26.2 Å². The largest absolute Gasteiger partial charge is 0.493 e. The van der Waals surface area contributed by atoms with Crippen LogP contribution in [0.4, 0.5) is 5.69 Å². The molecule has 0 atom stereocenters. The maximum Gasteiger partial charge on any atom is 0.312 e. The summed E-state index contributed by atoms with van der Waals surface area (Å²) in [6.45, 7) is 2.42. The van der Waals surface area contributed by atoms with Gasteiger partial charge in [-0.1, -0.05) is 41.9 Å². The summed E-state index contributed by atoms with van der Waals surface area (Å²) in [7, 11) is 0. The number of esters is 1. The summed E-state index contributed by atoms with van der Waals surface area (Å²) in [6, 6.07) is 20.9. The van der Waals surface area contributed by atoms with Crippen molar-refractivity contribution < 1.29 is 14.3 Å². The van der Waals surface area contributed by atoms with Crippen LogP contribution in [-0.4, -0.2) is 25.1 Å². The molecule has 0 fully saturated rings. The number of nitrogen functional groups attached to an aromatic ring is 1. The number of rotatable bonds is 11. The van der Waals surface area contributed by atoms with Gasteiger partial charge in [-0.05, 0) is 67.3 Å². The molecule has 0 aromatic heterocycles. The number of ether oxygens (including phenoxy) is 2. The smallest absolute Gasteiger partial charge is 0.312 e. The van der Waals surface area contributed by atoms with Crippen LogP contribution < -0.4 is 15.8 Å². The van der Waals surface area contributed by atoms with Gasteiger partial charge in [0.05, 0.1) is 13.0 Å². The molecule has 3 aromatic rings. The zero-order valence-electron chi connectivity index (χ0n) is 18.6. The highest BCUT2D eigenvalue weighted by molar-refractivity contribution is 6.30. The van der Waals surface area contributed by atoms with Gasteiger partial charge in [0.25, 0.3) is 0 Å². The maximum atomic E-state index is 12.5. The maximum absolute atomic E-state index is 12.5. The molecule has 4 N–H and O–H groups in total. The minimum absolute atomic E-state index is 0.00254. The minimum atomic E-state index is -0.389. The van der Waals surface area contributed by atoms with Crippen LogP contribution in [-0.2, 0) is 28.8 Å². The van der Waals surface area contributed by atoms with E-state index >= 15 is 0 Å². The molecule has 0 saturated carbocycles. The molecule has 0 heterocycles. The lowest BCUT2D eigenvalue weighted by atomic mass is 9.99. The lowest BCUT2D eigenvalue weighted by molar-refractivity contribution is -0.142. The van der Waals surface area contributed by atoms with Crippen LogP contribution in [0.1, 0.15) is 29.2 Å². The number of nitrogens with two attached hydrogens (primary N) is 1. The molecule has 0 aliphatic carbocycles. The molecule has 3 aromatic carbocycles. The van der Waals surface area contributed by atoms with Gasteiger partial charge in [-0.2, -0.15) is 0 Å². The summed E-state index contributed by atoms with van der Waals surface area (Å²) in [5.74, 6) is 0.311. The number of aryl methyl sites for hydroxylation is 2. The topological polar surface area (TPSA) is 97.4 Å². The monoisotopic (exact) mass is 465 g/mol. The second-order valence-corrected chi connectivity index (χ2v) is 7.91. The second kappa shape index (κ2) is 11.9. The van der Waals surface area contributed by atoms with Gasteiger partial charge in [0.15, 0.2) is 6.73 Å². The zero-order chi connectivity index (χ0) is 23.6. The Kier molecular flexibility index (Phi) is 8.72. The number of benzene rings is 3. The van der Waals surface area contributed by atoms with Crippen molar-refractivity contribution in [3.05, 3.63) is 94.0 Å². The molecule has 3 rings (SSSR count). The molecule has 0 radical (unpaired) electrons. The van der Waals surface area contributed by atoms with Crippen molar-refractivity contribution >= 4 is 29.1 Å². The van der Waals surface area contributed by atoms with Crippen molar-refractivity contribution in [1.82, 2.24) is 0 Å². The summed E-state index contributed by atoms with van der Waals surface area (Å²) < 4.78 is 11.3. The fourth-order valence-electron chi connectivity index (χ4n) is 3.46. The summed E-state index contributed by atoms with van der Waals surface area (Å²) in [5, 5.41) is 11.0. The van der Waals surface area contributed by atoms with Gasteiger partial charge in [0.1, 0.15) is 11.6 Å². The van der Waals surface area contributed by atoms with E-state index in [1.165, 1.54) is 5.56 Å². The molecule has 7 heteroatoms. The van der Waals surface area contributed by atoms with E-state index in [4.69, 9.17) is 32.2 Å². The van der Waals surface area contributed by atoms with Crippen molar-refractivity contribution in [2.75, 3.05) is 18.7 Å². The van der Waals surface area contributed by atoms with Crippen LogP contribution in [0.15, 0.2) is 66.7 Å². The second-order valence-electron chi connectivity index (χ2n) is 7.48. The average molecular weight is 466 g/mol. The average Bonchev–Trinajstić information content (AvgIpc) is 2.80. The first-order valence-electron chi connectivity index (χ1n) is 10.8. The van der Waals surface area contributed by atoms with E-state index in [2.05, 4.69) is 17.4 Å². The van der Waals surface area contributed by atoms with E-state index in [-0.39, 0.29) is 25.0 Å². The fraction of sp³-hybridized carbons (Fsp3) is 0.231. The number of anilines is 1. The number of nitrogens with one attached hydrogen (secondary N) is 2. The number of carbonyl (C=O) groups is 1. The number of hydrogen-bond acceptors (Lipinski definition) is 5. The number of amidine groups is 1. The fourth-order valence-corrected chi connectivity index (χ4v) is 3.72. The molecule has 172 valence electrons.